The minimum Gasteiger partial charge on any atom is -0.349 e. The van der Waals surface area contributed by atoms with Crippen molar-refractivity contribution in [2.45, 2.75) is 32.7 Å². The molecule has 1 aromatic rings. The quantitative estimate of drug-likeness (QED) is 0.836. The average Bonchev–Trinajstić information content (AvgIpc) is 2.59. The number of rotatable bonds is 6. The molecule has 0 unspecified atom stereocenters. The number of carbonyl (C=O) groups excluding carboxylic acids is 1. The van der Waals surface area contributed by atoms with Crippen LogP contribution in [0, 0.1) is 11.8 Å². The highest BCUT2D eigenvalue weighted by molar-refractivity contribution is 7.86. The first kappa shape index (κ1) is 19.9. The van der Waals surface area contributed by atoms with Gasteiger partial charge in [0.15, 0.2) is 0 Å². The fraction of sp³-hybridized carbons (Fsp3) is 0.611. The number of hydrogen-bond acceptors (Lipinski definition) is 3. The zero-order valence-corrected chi connectivity index (χ0v) is 16.3. The van der Waals surface area contributed by atoms with Gasteiger partial charge in [-0.15, -0.1) is 0 Å². The van der Waals surface area contributed by atoms with E-state index in [0.717, 1.165) is 5.56 Å². The Hall–Kier alpha value is -1.44. The summed E-state index contributed by atoms with van der Waals surface area (Å²) in [6, 6.07) is 9.82. The van der Waals surface area contributed by atoms with Crippen LogP contribution >= 0.6 is 0 Å². The molecule has 0 spiro atoms. The second-order valence-electron chi connectivity index (χ2n) is 7.13. The van der Waals surface area contributed by atoms with E-state index in [2.05, 4.69) is 19.2 Å². The SMILES string of the molecule is CC(C)[C@@H](NC(=O)[C@H]1CCCN(S(=O)(=O)N(C)C)C1)c1ccccc1. The Morgan fingerprint density at radius 3 is 2.44 bits per heavy atom. The lowest BCUT2D eigenvalue weighted by atomic mass is 9.93. The maximum Gasteiger partial charge on any atom is 0.281 e. The number of hydrogen-bond donors (Lipinski definition) is 1. The van der Waals surface area contributed by atoms with Crippen LogP contribution in [0.3, 0.4) is 0 Å². The molecular formula is C18H29N3O3S. The summed E-state index contributed by atoms with van der Waals surface area (Å²) in [6.07, 6.45) is 1.41. The van der Waals surface area contributed by atoms with Crippen molar-refractivity contribution < 1.29 is 13.2 Å². The Labute approximate surface area is 151 Å². The van der Waals surface area contributed by atoms with Crippen molar-refractivity contribution in [1.82, 2.24) is 13.9 Å². The lowest BCUT2D eigenvalue weighted by molar-refractivity contribution is -0.127. The number of piperidine rings is 1. The van der Waals surface area contributed by atoms with Gasteiger partial charge in [0.05, 0.1) is 12.0 Å². The highest BCUT2D eigenvalue weighted by Crippen LogP contribution is 2.25. The second-order valence-corrected chi connectivity index (χ2v) is 9.27. The van der Waals surface area contributed by atoms with Crippen molar-refractivity contribution in [3.63, 3.8) is 0 Å². The van der Waals surface area contributed by atoms with E-state index >= 15 is 0 Å². The minimum atomic E-state index is -3.48. The summed E-state index contributed by atoms with van der Waals surface area (Å²) < 4.78 is 27.3. The van der Waals surface area contributed by atoms with Crippen LogP contribution in [0.4, 0.5) is 0 Å². The van der Waals surface area contributed by atoms with Gasteiger partial charge in [0.1, 0.15) is 0 Å². The number of carbonyl (C=O) groups is 1. The number of benzene rings is 1. The lowest BCUT2D eigenvalue weighted by Gasteiger charge is -2.34. The van der Waals surface area contributed by atoms with Crippen molar-refractivity contribution in [2.75, 3.05) is 27.2 Å². The Kier molecular flexibility index (Phi) is 6.59. The largest absolute Gasteiger partial charge is 0.349 e. The predicted octanol–water partition coefficient (Wildman–Crippen LogP) is 2.02. The van der Waals surface area contributed by atoms with Gasteiger partial charge in [0, 0.05) is 27.2 Å². The lowest BCUT2D eigenvalue weighted by Crippen LogP contribution is -2.49. The Bertz CT molecular complexity index is 674. The van der Waals surface area contributed by atoms with Crippen LogP contribution in [0.15, 0.2) is 30.3 Å². The molecular weight excluding hydrogens is 338 g/mol. The third kappa shape index (κ3) is 4.80. The van der Waals surface area contributed by atoms with Crippen LogP contribution in [0.25, 0.3) is 0 Å². The molecule has 25 heavy (non-hydrogen) atoms. The van der Waals surface area contributed by atoms with Crippen LogP contribution in [-0.4, -0.2) is 50.1 Å². The molecule has 6 nitrogen and oxygen atoms in total. The number of nitrogens with zero attached hydrogens (tertiary/aromatic N) is 2. The molecule has 1 aliphatic heterocycles. The summed E-state index contributed by atoms with van der Waals surface area (Å²) in [6.45, 7) is 4.85. The van der Waals surface area contributed by atoms with E-state index in [-0.39, 0.29) is 30.3 Å². The fourth-order valence-electron chi connectivity index (χ4n) is 3.16. The first-order chi connectivity index (χ1) is 11.7. The molecule has 2 atom stereocenters. The van der Waals surface area contributed by atoms with Crippen LogP contribution in [0.5, 0.6) is 0 Å². The summed E-state index contributed by atoms with van der Waals surface area (Å²) in [7, 11) is -0.443. The van der Waals surface area contributed by atoms with E-state index in [4.69, 9.17) is 0 Å². The summed E-state index contributed by atoms with van der Waals surface area (Å²) in [5.41, 5.74) is 1.07. The second kappa shape index (κ2) is 8.29. The third-order valence-electron chi connectivity index (χ3n) is 4.67. The van der Waals surface area contributed by atoms with Crippen LogP contribution in [-0.2, 0) is 15.0 Å². The molecule has 1 aromatic carbocycles. The maximum absolute atomic E-state index is 12.8. The van der Waals surface area contributed by atoms with Crippen molar-refractivity contribution in [3.05, 3.63) is 35.9 Å². The molecule has 2 rings (SSSR count). The summed E-state index contributed by atoms with van der Waals surface area (Å²) >= 11 is 0. The molecule has 140 valence electrons. The minimum absolute atomic E-state index is 0.0683. The molecule has 0 bridgehead atoms. The molecule has 1 saturated heterocycles. The fourth-order valence-corrected chi connectivity index (χ4v) is 4.35. The van der Waals surface area contributed by atoms with Gasteiger partial charge in [-0.3, -0.25) is 4.79 Å². The van der Waals surface area contributed by atoms with E-state index in [1.807, 2.05) is 30.3 Å². The maximum atomic E-state index is 12.8. The van der Waals surface area contributed by atoms with Gasteiger partial charge < -0.3 is 5.32 Å². The van der Waals surface area contributed by atoms with Crippen molar-refractivity contribution in [3.8, 4) is 0 Å². The molecule has 0 saturated carbocycles. The number of amides is 1. The third-order valence-corrected chi connectivity index (χ3v) is 6.57. The highest BCUT2D eigenvalue weighted by atomic mass is 32.2. The van der Waals surface area contributed by atoms with E-state index < -0.39 is 10.2 Å². The van der Waals surface area contributed by atoms with E-state index in [9.17, 15) is 13.2 Å². The monoisotopic (exact) mass is 367 g/mol. The van der Waals surface area contributed by atoms with E-state index in [1.54, 1.807) is 0 Å². The highest BCUT2D eigenvalue weighted by Gasteiger charge is 2.34. The van der Waals surface area contributed by atoms with Gasteiger partial charge >= 0.3 is 0 Å². The normalized spacial score (nSPS) is 20.6. The predicted molar refractivity (Wildman–Crippen MR) is 99.1 cm³/mol. The zero-order valence-electron chi connectivity index (χ0n) is 15.5. The van der Waals surface area contributed by atoms with Gasteiger partial charge in [-0.2, -0.15) is 17.0 Å². The van der Waals surface area contributed by atoms with Gasteiger partial charge in [-0.1, -0.05) is 44.2 Å². The topological polar surface area (TPSA) is 69.7 Å². The molecule has 1 amide bonds. The van der Waals surface area contributed by atoms with Crippen LogP contribution in [0.2, 0.25) is 0 Å². The van der Waals surface area contributed by atoms with Gasteiger partial charge in [-0.05, 0) is 24.3 Å². The summed E-state index contributed by atoms with van der Waals surface area (Å²) in [5.74, 6) is -0.133. The molecule has 1 fully saturated rings. The molecule has 0 aromatic heterocycles. The van der Waals surface area contributed by atoms with Gasteiger partial charge in [0.25, 0.3) is 10.2 Å². The van der Waals surface area contributed by atoms with Gasteiger partial charge in [0.2, 0.25) is 5.91 Å². The van der Waals surface area contributed by atoms with Crippen molar-refractivity contribution in [1.29, 1.82) is 0 Å². The Morgan fingerprint density at radius 2 is 1.88 bits per heavy atom. The van der Waals surface area contributed by atoms with E-state index in [1.165, 1.54) is 22.7 Å². The van der Waals surface area contributed by atoms with E-state index in [0.29, 0.717) is 19.4 Å². The molecule has 0 aliphatic carbocycles. The van der Waals surface area contributed by atoms with Crippen molar-refractivity contribution in [2.24, 2.45) is 11.8 Å². The van der Waals surface area contributed by atoms with Crippen molar-refractivity contribution >= 4 is 16.1 Å². The van der Waals surface area contributed by atoms with Crippen LogP contribution < -0.4 is 5.32 Å². The molecule has 7 heteroatoms. The first-order valence-corrected chi connectivity index (χ1v) is 10.2. The first-order valence-electron chi connectivity index (χ1n) is 8.76. The molecule has 1 heterocycles. The summed E-state index contributed by atoms with van der Waals surface area (Å²) in [5, 5.41) is 3.13. The summed E-state index contributed by atoms with van der Waals surface area (Å²) in [4.78, 5) is 12.8. The van der Waals surface area contributed by atoms with Crippen LogP contribution in [0.1, 0.15) is 38.3 Å². The smallest absolute Gasteiger partial charge is 0.281 e. The number of nitrogens with one attached hydrogen (secondary N) is 1. The Morgan fingerprint density at radius 1 is 1.24 bits per heavy atom. The molecule has 1 aliphatic rings. The standard InChI is InChI=1S/C18H29N3O3S/c1-14(2)17(15-9-6-5-7-10-15)19-18(22)16-11-8-12-21(13-16)25(23,24)20(3)4/h5-7,9-10,14,16-17H,8,11-13H2,1-4H3,(H,19,22)/t16-,17+/m0/s1. The average molecular weight is 368 g/mol. The molecule has 1 N–H and O–H groups in total. The zero-order chi connectivity index (χ0) is 18.6. The Balaban J connectivity index is 2.09. The molecule has 0 radical (unpaired) electrons. The van der Waals surface area contributed by atoms with Gasteiger partial charge in [-0.25, -0.2) is 0 Å².